The normalized spacial score (nSPS) is 19.4. The van der Waals surface area contributed by atoms with Crippen LogP contribution in [0, 0.1) is 5.92 Å². The summed E-state index contributed by atoms with van der Waals surface area (Å²) in [6.07, 6.45) is -5.14. The van der Waals surface area contributed by atoms with Gasteiger partial charge in [-0.3, -0.25) is 0 Å². The lowest BCUT2D eigenvalue weighted by molar-refractivity contribution is -0.141. The van der Waals surface area contributed by atoms with Crippen LogP contribution in [0.5, 0.6) is 0 Å². The summed E-state index contributed by atoms with van der Waals surface area (Å²) in [5, 5.41) is 0.433. The Kier molecular flexibility index (Phi) is 4.18. The average molecular weight is 398 g/mol. The molecule has 27 heavy (non-hydrogen) atoms. The molecule has 0 spiro atoms. The van der Waals surface area contributed by atoms with Crippen LogP contribution in [-0.4, -0.2) is 20.7 Å². The number of aromatic nitrogens is 3. The first-order valence-electron chi connectivity index (χ1n) is 8.14. The summed E-state index contributed by atoms with van der Waals surface area (Å²) in [5.74, 6) is -0.279. The fourth-order valence-electron chi connectivity index (χ4n) is 2.99. The van der Waals surface area contributed by atoms with Crippen LogP contribution < -0.4 is 5.69 Å². The zero-order valence-electron chi connectivity index (χ0n) is 13.7. The number of fused-ring (bicyclic) bond motifs is 1. The van der Waals surface area contributed by atoms with Gasteiger partial charge in [-0.1, -0.05) is 23.7 Å². The molecule has 1 aliphatic carbocycles. The minimum atomic E-state index is -4.68. The van der Waals surface area contributed by atoms with Gasteiger partial charge in [0.2, 0.25) is 0 Å². The molecule has 3 aromatic rings. The Morgan fingerprint density at radius 2 is 1.85 bits per heavy atom. The molecule has 0 radical (unpaired) electrons. The number of halogens is 5. The molecule has 1 saturated carbocycles. The maximum atomic E-state index is 13.3. The van der Waals surface area contributed by atoms with Crippen LogP contribution in [0.25, 0.3) is 16.7 Å². The van der Waals surface area contributed by atoms with Crippen molar-refractivity contribution in [3.05, 3.63) is 63.3 Å². The summed E-state index contributed by atoms with van der Waals surface area (Å²) in [6, 6.07) is 8.27. The first kappa shape index (κ1) is 17.9. The van der Waals surface area contributed by atoms with Gasteiger partial charge in [0.1, 0.15) is 11.9 Å². The van der Waals surface area contributed by atoms with Gasteiger partial charge in [-0.15, -0.1) is 0 Å². The van der Waals surface area contributed by atoms with Crippen LogP contribution in [0.2, 0.25) is 5.02 Å². The van der Waals surface area contributed by atoms with E-state index in [1.54, 1.807) is 12.1 Å². The fourth-order valence-corrected chi connectivity index (χ4v) is 3.21. The monoisotopic (exact) mass is 397 g/mol. The Morgan fingerprint density at radius 1 is 1.15 bits per heavy atom. The molecule has 2 heterocycles. The van der Waals surface area contributed by atoms with E-state index in [0.29, 0.717) is 6.42 Å². The first-order valence-corrected chi connectivity index (χ1v) is 8.52. The molecule has 4 nitrogen and oxygen atoms in total. The molecular formula is C18H12ClF4N3O. The van der Waals surface area contributed by atoms with Crippen molar-refractivity contribution in [2.75, 3.05) is 0 Å². The van der Waals surface area contributed by atoms with Crippen molar-refractivity contribution >= 4 is 22.6 Å². The lowest BCUT2D eigenvalue weighted by Crippen LogP contribution is -2.25. The topological polar surface area (TPSA) is 47.8 Å². The van der Waals surface area contributed by atoms with Gasteiger partial charge in [0.05, 0.1) is 16.4 Å². The standard InChI is InChI=1S/C18H12ClF4N3O/c19-11-3-1-2-4-14(11)26-16-10(5-6-15(25-16)18(21,22)23)13(24-17(26)27)8-9-7-12(9)20/h1-6,9,12H,7-8H2/t9?,12-/m0/s1. The van der Waals surface area contributed by atoms with E-state index in [0.717, 1.165) is 10.6 Å². The van der Waals surface area contributed by atoms with Crippen LogP contribution in [-0.2, 0) is 12.6 Å². The highest BCUT2D eigenvalue weighted by molar-refractivity contribution is 6.32. The summed E-state index contributed by atoms with van der Waals surface area (Å²) in [7, 11) is 0. The van der Waals surface area contributed by atoms with E-state index in [2.05, 4.69) is 9.97 Å². The first-order chi connectivity index (χ1) is 12.8. The molecule has 1 fully saturated rings. The predicted molar refractivity (Wildman–Crippen MR) is 91.9 cm³/mol. The Hall–Kier alpha value is -2.48. The lowest BCUT2D eigenvalue weighted by atomic mass is 10.1. The summed E-state index contributed by atoms with van der Waals surface area (Å²) in [5.41, 5.74) is -1.74. The van der Waals surface area contributed by atoms with Crippen molar-refractivity contribution in [1.82, 2.24) is 14.5 Å². The Balaban J connectivity index is 2.01. The molecule has 140 valence electrons. The van der Waals surface area contributed by atoms with Gasteiger partial charge in [-0.2, -0.15) is 18.2 Å². The maximum absolute atomic E-state index is 13.3. The van der Waals surface area contributed by atoms with Crippen molar-refractivity contribution in [2.24, 2.45) is 5.92 Å². The minimum absolute atomic E-state index is 0.167. The molecule has 0 bridgehead atoms. The van der Waals surface area contributed by atoms with Crippen molar-refractivity contribution in [1.29, 1.82) is 0 Å². The van der Waals surface area contributed by atoms with Gasteiger partial charge >= 0.3 is 11.9 Å². The molecule has 0 aliphatic heterocycles. The second-order valence-corrected chi connectivity index (χ2v) is 6.82. The third kappa shape index (κ3) is 3.29. The van der Waals surface area contributed by atoms with E-state index < -0.39 is 23.7 Å². The molecule has 1 unspecified atom stereocenters. The molecule has 4 rings (SSSR count). The number of alkyl halides is 4. The van der Waals surface area contributed by atoms with Crippen molar-refractivity contribution < 1.29 is 17.6 Å². The van der Waals surface area contributed by atoms with Crippen LogP contribution in [0.15, 0.2) is 41.2 Å². The SMILES string of the molecule is O=c1nc(CC2C[C@@H]2F)c2ccc(C(F)(F)F)nc2n1-c1ccccc1Cl. The van der Waals surface area contributed by atoms with E-state index in [1.165, 1.54) is 18.2 Å². The van der Waals surface area contributed by atoms with E-state index in [4.69, 9.17) is 11.6 Å². The molecule has 0 saturated heterocycles. The number of benzene rings is 1. The molecule has 2 atom stereocenters. The summed E-state index contributed by atoms with van der Waals surface area (Å²) < 4.78 is 53.7. The predicted octanol–water partition coefficient (Wildman–Crippen LogP) is 4.35. The van der Waals surface area contributed by atoms with Crippen molar-refractivity contribution in [2.45, 2.75) is 25.2 Å². The minimum Gasteiger partial charge on any atom is -0.247 e. The largest absolute Gasteiger partial charge is 0.433 e. The van der Waals surface area contributed by atoms with E-state index in [9.17, 15) is 22.4 Å². The molecule has 1 aliphatic rings. The molecule has 1 aromatic carbocycles. The molecule has 0 N–H and O–H groups in total. The fraction of sp³-hybridized carbons (Fsp3) is 0.278. The van der Waals surface area contributed by atoms with Gasteiger partial charge in [0, 0.05) is 5.39 Å². The zero-order chi connectivity index (χ0) is 19.3. The smallest absolute Gasteiger partial charge is 0.247 e. The Labute approximate surface area is 155 Å². The van der Waals surface area contributed by atoms with Crippen LogP contribution in [0.1, 0.15) is 17.8 Å². The summed E-state index contributed by atoms with van der Waals surface area (Å²) in [6.45, 7) is 0. The van der Waals surface area contributed by atoms with E-state index >= 15 is 0 Å². The summed E-state index contributed by atoms with van der Waals surface area (Å²) in [4.78, 5) is 20.3. The molecular weight excluding hydrogens is 386 g/mol. The van der Waals surface area contributed by atoms with Gasteiger partial charge in [-0.05, 0) is 43.0 Å². The summed E-state index contributed by atoms with van der Waals surface area (Å²) >= 11 is 6.13. The van der Waals surface area contributed by atoms with Crippen LogP contribution in [0.4, 0.5) is 17.6 Å². The highest BCUT2D eigenvalue weighted by Gasteiger charge is 2.38. The van der Waals surface area contributed by atoms with Crippen LogP contribution in [0.3, 0.4) is 0 Å². The zero-order valence-corrected chi connectivity index (χ0v) is 14.4. The maximum Gasteiger partial charge on any atom is 0.433 e. The van der Waals surface area contributed by atoms with E-state index in [-0.39, 0.29) is 39.8 Å². The Bertz CT molecular complexity index is 1100. The quantitative estimate of drug-likeness (QED) is 0.617. The van der Waals surface area contributed by atoms with Gasteiger partial charge in [-0.25, -0.2) is 18.7 Å². The second-order valence-electron chi connectivity index (χ2n) is 6.41. The number of rotatable bonds is 3. The van der Waals surface area contributed by atoms with Gasteiger partial charge in [0.25, 0.3) is 0 Å². The number of pyridine rings is 1. The molecule has 0 amide bonds. The highest BCUT2D eigenvalue weighted by Crippen LogP contribution is 2.38. The number of hydrogen-bond acceptors (Lipinski definition) is 3. The number of nitrogens with zero attached hydrogens (tertiary/aromatic N) is 3. The highest BCUT2D eigenvalue weighted by atomic mass is 35.5. The second kappa shape index (κ2) is 6.30. The van der Waals surface area contributed by atoms with Crippen molar-refractivity contribution in [3.8, 4) is 5.69 Å². The lowest BCUT2D eigenvalue weighted by Gasteiger charge is -2.14. The van der Waals surface area contributed by atoms with Gasteiger partial charge < -0.3 is 0 Å². The number of para-hydroxylation sites is 1. The van der Waals surface area contributed by atoms with Gasteiger partial charge in [0.15, 0.2) is 5.65 Å². The van der Waals surface area contributed by atoms with E-state index in [1.807, 2.05) is 0 Å². The average Bonchev–Trinajstić information content (AvgIpc) is 3.30. The van der Waals surface area contributed by atoms with Crippen molar-refractivity contribution in [3.63, 3.8) is 0 Å². The van der Waals surface area contributed by atoms with Crippen LogP contribution >= 0.6 is 11.6 Å². The molecule has 9 heteroatoms. The third-order valence-corrected chi connectivity index (χ3v) is 4.81. The molecule has 2 aromatic heterocycles. The third-order valence-electron chi connectivity index (χ3n) is 4.50. The number of hydrogen-bond donors (Lipinski definition) is 0. The Morgan fingerprint density at radius 3 is 2.48 bits per heavy atom.